The molecule has 0 saturated carbocycles. The summed E-state index contributed by atoms with van der Waals surface area (Å²) in [4.78, 5) is 49.8. The number of H-pyrrole nitrogens is 1. The smallest absolute Gasteiger partial charge is 0.253 e. The SMILES string of the molecule is O=C(Cc1ccncc1)CN1CN(c2ccccc2)C2(CCN(C(=O)c3ccc4[nH]ncc4c3)CC2)C1=O. The van der Waals surface area contributed by atoms with Crippen LogP contribution in [-0.2, 0) is 16.0 Å². The molecule has 9 nitrogen and oxygen atoms in total. The summed E-state index contributed by atoms with van der Waals surface area (Å²) < 4.78 is 0. The van der Waals surface area contributed by atoms with E-state index in [-0.39, 0.29) is 30.6 Å². The van der Waals surface area contributed by atoms with Crippen LogP contribution in [-0.4, -0.2) is 74.4 Å². The Morgan fingerprint density at radius 1 is 0.974 bits per heavy atom. The maximum absolute atomic E-state index is 13.9. The summed E-state index contributed by atoms with van der Waals surface area (Å²) in [6.07, 6.45) is 6.28. The van der Waals surface area contributed by atoms with Crippen LogP contribution in [0.5, 0.6) is 0 Å². The van der Waals surface area contributed by atoms with E-state index in [1.807, 2.05) is 59.5 Å². The van der Waals surface area contributed by atoms with E-state index in [0.717, 1.165) is 22.2 Å². The molecule has 0 aliphatic carbocycles. The fourth-order valence-electron chi connectivity index (χ4n) is 5.66. The first kappa shape index (κ1) is 23.8. The molecule has 2 aliphatic rings. The number of Topliss-reactive ketones (excluding diaryl/α,β-unsaturated/α-hetero) is 1. The molecule has 1 spiro atoms. The topological polar surface area (TPSA) is 102 Å². The van der Waals surface area contributed by atoms with Gasteiger partial charge >= 0.3 is 0 Å². The van der Waals surface area contributed by atoms with E-state index in [0.29, 0.717) is 38.2 Å². The van der Waals surface area contributed by atoms with Gasteiger partial charge in [0.1, 0.15) is 5.54 Å². The summed E-state index contributed by atoms with van der Waals surface area (Å²) in [7, 11) is 0. The van der Waals surface area contributed by atoms with E-state index in [4.69, 9.17) is 0 Å². The Kier molecular flexibility index (Phi) is 6.11. The zero-order chi connectivity index (χ0) is 26.1. The number of piperidine rings is 1. The molecule has 6 rings (SSSR count). The van der Waals surface area contributed by atoms with Gasteiger partial charge in [0.25, 0.3) is 5.91 Å². The number of nitrogens with one attached hydrogen (secondary N) is 1. The van der Waals surface area contributed by atoms with Crippen molar-refractivity contribution in [2.45, 2.75) is 24.8 Å². The van der Waals surface area contributed by atoms with Crippen LogP contribution in [0.4, 0.5) is 5.69 Å². The molecular weight excluding hydrogens is 480 g/mol. The second kappa shape index (κ2) is 9.74. The van der Waals surface area contributed by atoms with E-state index in [9.17, 15) is 14.4 Å². The lowest BCUT2D eigenvalue weighted by Crippen LogP contribution is -2.57. The van der Waals surface area contributed by atoms with Gasteiger partial charge < -0.3 is 14.7 Å². The molecule has 2 aromatic carbocycles. The minimum Gasteiger partial charge on any atom is -0.339 e. The molecule has 0 atom stereocenters. The predicted octanol–water partition coefficient (Wildman–Crippen LogP) is 3.05. The minimum atomic E-state index is -0.788. The largest absolute Gasteiger partial charge is 0.339 e. The zero-order valence-electron chi connectivity index (χ0n) is 20.9. The van der Waals surface area contributed by atoms with Gasteiger partial charge in [-0.3, -0.25) is 24.5 Å². The number of aromatic nitrogens is 3. The maximum atomic E-state index is 13.9. The maximum Gasteiger partial charge on any atom is 0.253 e. The van der Waals surface area contributed by atoms with Gasteiger partial charge in [0, 0.05) is 48.5 Å². The van der Waals surface area contributed by atoms with Crippen molar-refractivity contribution >= 4 is 34.2 Å². The van der Waals surface area contributed by atoms with Crippen molar-refractivity contribution in [1.29, 1.82) is 0 Å². The van der Waals surface area contributed by atoms with Gasteiger partial charge in [-0.25, -0.2) is 0 Å². The number of aromatic amines is 1. The van der Waals surface area contributed by atoms with Gasteiger partial charge in [-0.05, 0) is 60.9 Å². The van der Waals surface area contributed by atoms with E-state index in [2.05, 4.69) is 20.1 Å². The number of hydrogen-bond donors (Lipinski definition) is 1. The molecule has 1 N–H and O–H groups in total. The number of likely N-dealkylation sites (tertiary alicyclic amines) is 1. The van der Waals surface area contributed by atoms with Crippen LogP contribution in [0.2, 0.25) is 0 Å². The Balaban J connectivity index is 1.21. The lowest BCUT2D eigenvalue weighted by atomic mass is 9.85. The van der Waals surface area contributed by atoms with Gasteiger partial charge in [0.05, 0.1) is 24.9 Å². The van der Waals surface area contributed by atoms with Crippen molar-refractivity contribution < 1.29 is 14.4 Å². The van der Waals surface area contributed by atoms with Gasteiger partial charge in [0.15, 0.2) is 5.78 Å². The Morgan fingerprint density at radius 2 is 1.74 bits per heavy atom. The molecule has 0 bridgehead atoms. The number of rotatable bonds is 6. The number of carbonyl (C=O) groups excluding carboxylic acids is 3. The first-order valence-corrected chi connectivity index (χ1v) is 12.8. The molecule has 0 unspecified atom stereocenters. The van der Waals surface area contributed by atoms with E-state index in [1.165, 1.54) is 0 Å². The number of anilines is 1. The highest BCUT2D eigenvalue weighted by Gasteiger charge is 2.54. The number of benzene rings is 2. The Morgan fingerprint density at radius 3 is 2.50 bits per heavy atom. The molecule has 2 aliphatic heterocycles. The summed E-state index contributed by atoms with van der Waals surface area (Å²) in [5, 5.41) is 7.83. The average molecular weight is 509 g/mol. The van der Waals surface area contributed by atoms with E-state index >= 15 is 0 Å². The third kappa shape index (κ3) is 4.30. The third-order valence-electron chi connectivity index (χ3n) is 7.66. The second-order valence-corrected chi connectivity index (χ2v) is 9.97. The number of hydrogen-bond acceptors (Lipinski definition) is 6. The summed E-state index contributed by atoms with van der Waals surface area (Å²) in [6, 6.07) is 19.0. The number of amides is 2. The second-order valence-electron chi connectivity index (χ2n) is 9.97. The number of nitrogens with zero attached hydrogens (tertiary/aromatic N) is 5. The quantitative estimate of drug-likeness (QED) is 0.430. The van der Waals surface area contributed by atoms with Crippen molar-refractivity contribution in [3.8, 4) is 0 Å². The lowest BCUT2D eigenvalue weighted by Gasteiger charge is -2.43. The van der Waals surface area contributed by atoms with Crippen LogP contribution in [0.25, 0.3) is 10.9 Å². The fraction of sp³-hybridized carbons (Fsp3) is 0.276. The molecule has 0 radical (unpaired) electrons. The number of ketones is 1. The van der Waals surface area contributed by atoms with Crippen LogP contribution in [0.3, 0.4) is 0 Å². The summed E-state index contributed by atoms with van der Waals surface area (Å²) >= 11 is 0. The molecule has 2 fully saturated rings. The fourth-order valence-corrected chi connectivity index (χ4v) is 5.66. The standard InChI is InChI=1S/C29H28N6O3/c36-25(16-21-8-12-30-13-9-21)19-34-20-35(24-4-2-1-3-5-24)29(28(34)38)10-14-33(15-11-29)27(37)22-6-7-26-23(17-22)18-31-32-26/h1-9,12-13,17-18H,10-11,14-16,19-20H2,(H,31,32). The van der Waals surface area contributed by atoms with E-state index in [1.54, 1.807) is 29.6 Å². The van der Waals surface area contributed by atoms with Crippen molar-refractivity contribution in [2.75, 3.05) is 31.2 Å². The number of para-hydroxylation sites is 1. The third-order valence-corrected chi connectivity index (χ3v) is 7.66. The van der Waals surface area contributed by atoms with Gasteiger partial charge in [-0.2, -0.15) is 5.10 Å². The van der Waals surface area contributed by atoms with Crippen molar-refractivity contribution in [1.82, 2.24) is 25.0 Å². The molecule has 192 valence electrons. The molecule has 4 heterocycles. The molecule has 2 saturated heterocycles. The van der Waals surface area contributed by atoms with Crippen LogP contribution in [0.15, 0.2) is 79.3 Å². The van der Waals surface area contributed by atoms with Gasteiger partial charge in [-0.15, -0.1) is 0 Å². The number of carbonyl (C=O) groups is 3. The highest BCUT2D eigenvalue weighted by atomic mass is 16.2. The highest BCUT2D eigenvalue weighted by Crippen LogP contribution is 2.39. The highest BCUT2D eigenvalue weighted by molar-refractivity contribution is 5.99. The molecular formula is C29H28N6O3. The zero-order valence-corrected chi connectivity index (χ0v) is 20.9. The summed E-state index contributed by atoms with van der Waals surface area (Å²) in [6.45, 7) is 1.31. The molecule has 2 aromatic heterocycles. The monoisotopic (exact) mass is 508 g/mol. The first-order chi connectivity index (χ1) is 18.5. The van der Waals surface area contributed by atoms with E-state index < -0.39 is 5.54 Å². The minimum absolute atomic E-state index is 0.0168. The Hall–Kier alpha value is -4.53. The number of fused-ring (bicyclic) bond motifs is 1. The van der Waals surface area contributed by atoms with Gasteiger partial charge in [-0.1, -0.05) is 18.2 Å². The predicted molar refractivity (Wildman–Crippen MR) is 142 cm³/mol. The van der Waals surface area contributed by atoms with Crippen LogP contribution >= 0.6 is 0 Å². The molecule has 4 aromatic rings. The average Bonchev–Trinajstić information content (AvgIpc) is 3.53. The summed E-state index contributed by atoms with van der Waals surface area (Å²) in [5.41, 5.74) is 2.52. The van der Waals surface area contributed by atoms with Crippen molar-refractivity contribution in [3.05, 3.63) is 90.4 Å². The normalized spacial score (nSPS) is 16.9. The molecule has 2 amide bonds. The molecule has 38 heavy (non-hydrogen) atoms. The van der Waals surface area contributed by atoms with Gasteiger partial charge in [0.2, 0.25) is 5.91 Å². The Labute approximate surface area is 220 Å². The number of pyridine rings is 1. The summed E-state index contributed by atoms with van der Waals surface area (Å²) in [5.74, 6) is -0.114. The lowest BCUT2D eigenvalue weighted by molar-refractivity contribution is -0.136. The van der Waals surface area contributed by atoms with Crippen LogP contribution in [0, 0.1) is 0 Å². The Bertz CT molecular complexity index is 1480. The first-order valence-electron chi connectivity index (χ1n) is 12.8. The molecule has 9 heteroatoms. The van der Waals surface area contributed by atoms with Crippen molar-refractivity contribution in [3.63, 3.8) is 0 Å². The van der Waals surface area contributed by atoms with Crippen molar-refractivity contribution in [2.24, 2.45) is 0 Å². The van der Waals surface area contributed by atoms with Crippen LogP contribution < -0.4 is 4.90 Å². The van der Waals surface area contributed by atoms with Crippen LogP contribution in [0.1, 0.15) is 28.8 Å².